The molecule has 0 N–H and O–H groups in total. The molecule has 3 heteroatoms. The summed E-state index contributed by atoms with van der Waals surface area (Å²) in [6, 6.07) is 12.7. The summed E-state index contributed by atoms with van der Waals surface area (Å²) in [5.74, 6) is -1.19. The van der Waals surface area contributed by atoms with Crippen LogP contribution in [0.3, 0.4) is 0 Å². The van der Waals surface area contributed by atoms with E-state index in [0.29, 0.717) is 22.9 Å². The highest BCUT2D eigenvalue weighted by Crippen LogP contribution is 2.35. The number of rotatable bonds is 9. The van der Waals surface area contributed by atoms with E-state index < -0.39 is 17.5 Å². The van der Waals surface area contributed by atoms with Gasteiger partial charge in [0.25, 0.3) is 0 Å². The Morgan fingerprint density at radius 3 is 2.26 bits per heavy atom. The van der Waals surface area contributed by atoms with Crippen molar-refractivity contribution in [3.05, 3.63) is 83.2 Å². The van der Waals surface area contributed by atoms with Crippen LogP contribution in [-0.2, 0) is 12.8 Å². The zero-order chi connectivity index (χ0) is 24.8. The van der Waals surface area contributed by atoms with Crippen LogP contribution in [-0.4, -0.2) is 0 Å². The second-order valence-electron chi connectivity index (χ2n) is 10.2. The van der Waals surface area contributed by atoms with Crippen LogP contribution >= 0.6 is 0 Å². The number of unbranched alkanes of at least 4 members (excludes halogenated alkanes) is 2. The summed E-state index contributed by atoms with van der Waals surface area (Å²) in [5, 5.41) is 0.161. The number of aryl methyl sites for hydroxylation is 2. The van der Waals surface area contributed by atoms with E-state index in [1.807, 2.05) is 24.3 Å². The van der Waals surface area contributed by atoms with Crippen LogP contribution in [0, 0.1) is 29.3 Å². The number of halogens is 3. The van der Waals surface area contributed by atoms with Gasteiger partial charge in [0.15, 0.2) is 11.6 Å². The van der Waals surface area contributed by atoms with Gasteiger partial charge in [0.1, 0.15) is 5.82 Å². The van der Waals surface area contributed by atoms with Crippen LogP contribution in [0.5, 0.6) is 0 Å². The van der Waals surface area contributed by atoms with E-state index in [2.05, 4.69) is 26.0 Å². The van der Waals surface area contributed by atoms with Crippen LogP contribution in [0.1, 0.15) is 76.3 Å². The Morgan fingerprint density at radius 2 is 1.57 bits per heavy atom. The fourth-order valence-electron chi connectivity index (χ4n) is 5.56. The average molecular weight is 479 g/mol. The molecule has 1 aliphatic rings. The Balaban J connectivity index is 1.47. The molecule has 4 rings (SSSR count). The zero-order valence-electron chi connectivity index (χ0n) is 21.1. The molecule has 0 aromatic heterocycles. The molecule has 35 heavy (non-hydrogen) atoms. The fraction of sp³-hybridized carbons (Fsp3) is 0.438. The van der Waals surface area contributed by atoms with Crippen molar-refractivity contribution < 1.29 is 13.2 Å². The van der Waals surface area contributed by atoms with Gasteiger partial charge in [0.2, 0.25) is 0 Å². The molecule has 1 aliphatic carbocycles. The van der Waals surface area contributed by atoms with Crippen molar-refractivity contribution in [3.8, 4) is 11.1 Å². The van der Waals surface area contributed by atoms with Crippen molar-refractivity contribution >= 4 is 10.8 Å². The van der Waals surface area contributed by atoms with Crippen molar-refractivity contribution in [2.45, 2.75) is 78.1 Å². The van der Waals surface area contributed by atoms with Gasteiger partial charge in [-0.3, -0.25) is 0 Å². The molecule has 0 bridgehead atoms. The second-order valence-corrected chi connectivity index (χ2v) is 10.2. The molecule has 0 aliphatic heterocycles. The molecule has 3 aromatic rings. The van der Waals surface area contributed by atoms with Crippen molar-refractivity contribution in [3.63, 3.8) is 0 Å². The van der Waals surface area contributed by atoms with E-state index in [1.54, 1.807) is 18.2 Å². The first-order chi connectivity index (χ1) is 17.0. The van der Waals surface area contributed by atoms with Gasteiger partial charge in [-0.2, -0.15) is 0 Å². The summed E-state index contributed by atoms with van der Waals surface area (Å²) in [6.45, 7) is 4.18. The minimum absolute atomic E-state index is 0.182. The van der Waals surface area contributed by atoms with Gasteiger partial charge in [-0.1, -0.05) is 68.3 Å². The monoisotopic (exact) mass is 478 g/mol. The molecule has 0 spiro atoms. The first kappa shape index (κ1) is 25.5. The Hall–Kier alpha value is -2.55. The number of allylic oxidation sites excluding steroid dienone is 2. The lowest BCUT2D eigenvalue weighted by Crippen LogP contribution is -2.13. The molecule has 1 saturated carbocycles. The van der Waals surface area contributed by atoms with Gasteiger partial charge in [-0.15, -0.1) is 0 Å². The summed E-state index contributed by atoms with van der Waals surface area (Å²) in [6.07, 6.45) is 15.2. The number of fused-ring (bicyclic) bond motifs is 1. The van der Waals surface area contributed by atoms with Crippen molar-refractivity contribution in [2.24, 2.45) is 11.8 Å². The minimum atomic E-state index is -1.09. The van der Waals surface area contributed by atoms with Gasteiger partial charge in [-0.25, -0.2) is 13.2 Å². The zero-order valence-corrected chi connectivity index (χ0v) is 21.1. The maximum atomic E-state index is 15.1. The first-order valence-electron chi connectivity index (χ1n) is 13.3. The van der Waals surface area contributed by atoms with Crippen LogP contribution in [0.15, 0.2) is 54.6 Å². The molecule has 0 radical (unpaired) electrons. The van der Waals surface area contributed by atoms with Crippen LogP contribution < -0.4 is 0 Å². The first-order valence-corrected chi connectivity index (χ1v) is 13.3. The number of hydrogen-bond acceptors (Lipinski definition) is 0. The predicted molar refractivity (Wildman–Crippen MR) is 141 cm³/mol. The van der Waals surface area contributed by atoms with E-state index in [4.69, 9.17) is 0 Å². The molecule has 0 saturated heterocycles. The molecule has 0 unspecified atom stereocenters. The molecule has 0 nitrogen and oxygen atoms in total. The SMILES string of the molecule is C/C=C/C1CCC(CCc2ccc(-c3cc4ccc(CCCCC)c(F)c4c(F)c3F)cc2)CC1. The molecule has 0 heterocycles. The van der Waals surface area contributed by atoms with Gasteiger partial charge in [-0.05, 0) is 98.3 Å². The van der Waals surface area contributed by atoms with Crippen molar-refractivity contribution in [1.82, 2.24) is 0 Å². The largest absolute Gasteiger partial charge is 0.206 e. The third-order valence-electron chi connectivity index (χ3n) is 7.71. The lowest BCUT2D eigenvalue weighted by atomic mass is 9.79. The topological polar surface area (TPSA) is 0 Å². The summed E-state index contributed by atoms with van der Waals surface area (Å²) in [4.78, 5) is 0. The fourth-order valence-corrected chi connectivity index (χ4v) is 5.56. The van der Waals surface area contributed by atoms with Crippen LogP contribution in [0.4, 0.5) is 13.2 Å². The quantitative estimate of drug-likeness (QED) is 0.212. The maximum absolute atomic E-state index is 15.1. The Kier molecular flexibility index (Phi) is 8.70. The summed E-state index contributed by atoms with van der Waals surface area (Å²) < 4.78 is 45.1. The second kappa shape index (κ2) is 11.9. The van der Waals surface area contributed by atoms with Gasteiger partial charge in [0.05, 0.1) is 5.39 Å². The van der Waals surface area contributed by atoms with E-state index in [1.165, 1.54) is 37.7 Å². The Labute approximate surface area is 208 Å². The van der Waals surface area contributed by atoms with Gasteiger partial charge in [0, 0.05) is 5.56 Å². The van der Waals surface area contributed by atoms with E-state index in [0.717, 1.165) is 37.5 Å². The Bertz CT molecular complexity index is 1150. The molecule has 0 atom stereocenters. The molecular formula is C32H37F3. The highest BCUT2D eigenvalue weighted by molar-refractivity contribution is 5.89. The van der Waals surface area contributed by atoms with Gasteiger partial charge < -0.3 is 0 Å². The summed E-state index contributed by atoms with van der Waals surface area (Å²) in [5.41, 5.74) is 2.47. The van der Waals surface area contributed by atoms with Crippen molar-refractivity contribution in [1.29, 1.82) is 0 Å². The normalized spacial score (nSPS) is 18.5. The predicted octanol–water partition coefficient (Wildman–Crippen LogP) is 9.97. The highest BCUT2D eigenvalue weighted by atomic mass is 19.2. The molecule has 1 fully saturated rings. The van der Waals surface area contributed by atoms with Gasteiger partial charge >= 0.3 is 0 Å². The Morgan fingerprint density at radius 1 is 0.829 bits per heavy atom. The summed E-state index contributed by atoms with van der Waals surface area (Å²) >= 11 is 0. The lowest BCUT2D eigenvalue weighted by Gasteiger charge is -2.26. The van der Waals surface area contributed by atoms with Crippen LogP contribution in [0.25, 0.3) is 21.9 Å². The van der Waals surface area contributed by atoms with E-state index in [-0.39, 0.29) is 10.9 Å². The molecule has 3 aromatic carbocycles. The number of benzene rings is 3. The third kappa shape index (κ3) is 6.00. The average Bonchev–Trinajstić information content (AvgIpc) is 2.87. The summed E-state index contributed by atoms with van der Waals surface area (Å²) in [7, 11) is 0. The number of hydrogen-bond donors (Lipinski definition) is 0. The molecule has 186 valence electrons. The standard InChI is InChI=1S/C32H37F3/c1-3-5-6-8-26-19-20-27-21-28(31(34)32(35)29(27)30(26)33)25-17-15-24(16-18-25)14-13-23-11-9-22(7-4-2)10-12-23/h4,7,15-23H,3,5-6,8-14H2,1-2H3/b7-4+. The van der Waals surface area contributed by atoms with Crippen LogP contribution in [0.2, 0.25) is 0 Å². The van der Waals surface area contributed by atoms with E-state index in [9.17, 15) is 0 Å². The smallest absolute Gasteiger partial charge is 0.170 e. The highest BCUT2D eigenvalue weighted by Gasteiger charge is 2.21. The third-order valence-corrected chi connectivity index (χ3v) is 7.71. The van der Waals surface area contributed by atoms with E-state index >= 15 is 13.2 Å². The van der Waals surface area contributed by atoms with Crippen molar-refractivity contribution in [2.75, 3.05) is 0 Å². The minimum Gasteiger partial charge on any atom is -0.206 e. The molecule has 0 amide bonds. The maximum Gasteiger partial charge on any atom is 0.170 e. The molecular weight excluding hydrogens is 441 g/mol. The lowest BCUT2D eigenvalue weighted by molar-refractivity contribution is 0.296.